The van der Waals surface area contributed by atoms with Crippen molar-refractivity contribution >= 4 is 36.0 Å². The molecule has 8 nitrogen and oxygen atoms in total. The van der Waals surface area contributed by atoms with Crippen LogP contribution < -0.4 is 18.9 Å². The van der Waals surface area contributed by atoms with E-state index in [1.807, 2.05) is 41.3 Å². The van der Waals surface area contributed by atoms with Crippen LogP contribution in [0.1, 0.15) is 47.6 Å². The standard InChI is InChI=1S/C44H46ClN3O5.ClH/c1-32(2)36-14-16-38(17-15-36)51-27-22-33-8-10-35(11-9-33)30-47-23-25-48(26-24-47)44(49)21-13-34-12-19-41(42(28-34)50-3)53-43-20-18-39(29-46-43)52-31-37-6-4-5-7-40(37)45;/h4-21,28-29,32H,22-27,30-31H2,1-3H3;1H/b21-13+;. The van der Waals surface area contributed by atoms with Gasteiger partial charge in [0, 0.05) is 61.9 Å². The van der Waals surface area contributed by atoms with Crippen molar-refractivity contribution in [2.75, 3.05) is 39.9 Å². The summed E-state index contributed by atoms with van der Waals surface area (Å²) in [5.41, 5.74) is 5.57. The zero-order valence-corrected chi connectivity index (χ0v) is 32.5. The Morgan fingerprint density at radius 3 is 2.24 bits per heavy atom. The van der Waals surface area contributed by atoms with E-state index in [1.165, 1.54) is 16.7 Å². The van der Waals surface area contributed by atoms with Crippen molar-refractivity contribution < 1.29 is 23.7 Å². The van der Waals surface area contributed by atoms with Crippen molar-refractivity contribution in [1.82, 2.24) is 14.8 Å². The molecule has 1 saturated heterocycles. The van der Waals surface area contributed by atoms with Gasteiger partial charge < -0.3 is 23.8 Å². The molecular weight excluding hydrogens is 721 g/mol. The lowest BCUT2D eigenvalue weighted by Crippen LogP contribution is -2.47. The molecular formula is C44H47Cl2N3O5. The Labute approximate surface area is 329 Å². The maximum absolute atomic E-state index is 13.1. The van der Waals surface area contributed by atoms with Gasteiger partial charge in [-0.1, -0.05) is 86.1 Å². The third-order valence-electron chi connectivity index (χ3n) is 9.20. The first-order valence-electron chi connectivity index (χ1n) is 18.0. The summed E-state index contributed by atoms with van der Waals surface area (Å²) in [6.45, 7) is 9.26. The van der Waals surface area contributed by atoms with Gasteiger partial charge in [0.25, 0.3) is 0 Å². The van der Waals surface area contributed by atoms with Crippen LogP contribution >= 0.6 is 24.0 Å². The van der Waals surface area contributed by atoms with Crippen LogP contribution in [0.25, 0.3) is 6.08 Å². The molecule has 5 aromatic rings. The third kappa shape index (κ3) is 11.5. The lowest BCUT2D eigenvalue weighted by atomic mass is 10.0. The van der Waals surface area contributed by atoms with Crippen LogP contribution in [-0.2, 0) is 24.4 Å². The van der Waals surface area contributed by atoms with E-state index in [9.17, 15) is 4.79 Å². The van der Waals surface area contributed by atoms with E-state index >= 15 is 0 Å². The topological polar surface area (TPSA) is 73.4 Å². The van der Waals surface area contributed by atoms with Crippen LogP contribution in [0.15, 0.2) is 115 Å². The molecule has 54 heavy (non-hydrogen) atoms. The van der Waals surface area contributed by atoms with Gasteiger partial charge in [-0.05, 0) is 70.6 Å². The fourth-order valence-electron chi connectivity index (χ4n) is 5.98. The molecule has 1 fully saturated rings. The lowest BCUT2D eigenvalue weighted by Gasteiger charge is -2.34. The first-order valence-corrected chi connectivity index (χ1v) is 18.4. The molecule has 0 aliphatic carbocycles. The van der Waals surface area contributed by atoms with Gasteiger partial charge in [0.2, 0.25) is 11.8 Å². The molecule has 0 bridgehead atoms. The van der Waals surface area contributed by atoms with E-state index in [1.54, 1.807) is 43.7 Å². The Morgan fingerprint density at radius 1 is 0.833 bits per heavy atom. The van der Waals surface area contributed by atoms with Gasteiger partial charge >= 0.3 is 0 Å². The summed E-state index contributed by atoms with van der Waals surface area (Å²) < 4.78 is 23.3. The van der Waals surface area contributed by atoms with Gasteiger partial charge in [-0.25, -0.2) is 4.98 Å². The number of carbonyl (C=O) groups excluding carboxylic acids is 1. The smallest absolute Gasteiger partial charge is 0.246 e. The van der Waals surface area contributed by atoms with Gasteiger partial charge in [-0.15, -0.1) is 12.4 Å². The van der Waals surface area contributed by atoms with Crippen LogP contribution in [0.2, 0.25) is 5.02 Å². The summed E-state index contributed by atoms with van der Waals surface area (Å²) in [7, 11) is 1.58. The summed E-state index contributed by atoms with van der Waals surface area (Å²) in [5.74, 6) is 3.46. The zero-order valence-electron chi connectivity index (χ0n) is 31.0. The Hall–Kier alpha value is -5.02. The van der Waals surface area contributed by atoms with Crippen molar-refractivity contribution in [2.24, 2.45) is 0 Å². The maximum Gasteiger partial charge on any atom is 0.246 e. The maximum atomic E-state index is 13.1. The van der Waals surface area contributed by atoms with Crippen LogP contribution in [-0.4, -0.2) is 60.6 Å². The molecule has 6 rings (SSSR count). The number of rotatable bonds is 15. The number of ether oxygens (including phenoxy) is 4. The van der Waals surface area contributed by atoms with E-state index < -0.39 is 0 Å². The minimum Gasteiger partial charge on any atom is -0.493 e. The molecule has 282 valence electrons. The summed E-state index contributed by atoms with van der Waals surface area (Å²) in [5, 5.41) is 0.657. The highest BCUT2D eigenvalue weighted by molar-refractivity contribution is 6.31. The second kappa shape index (κ2) is 19.9. The summed E-state index contributed by atoms with van der Waals surface area (Å²) in [6, 6.07) is 33.7. The lowest BCUT2D eigenvalue weighted by molar-refractivity contribution is -0.127. The molecule has 0 N–H and O–H groups in total. The molecule has 0 unspecified atom stereocenters. The second-order valence-electron chi connectivity index (χ2n) is 13.3. The summed E-state index contributed by atoms with van der Waals surface area (Å²) in [4.78, 5) is 21.7. The monoisotopic (exact) mass is 767 g/mol. The quantitative estimate of drug-likeness (QED) is 0.0983. The van der Waals surface area contributed by atoms with Crippen LogP contribution in [0, 0.1) is 0 Å². The molecule has 0 saturated carbocycles. The minimum absolute atomic E-state index is 0. The Morgan fingerprint density at radius 2 is 1.56 bits per heavy atom. The number of hydrogen-bond donors (Lipinski definition) is 0. The van der Waals surface area contributed by atoms with Gasteiger partial charge in [-0.3, -0.25) is 9.69 Å². The molecule has 1 aliphatic rings. The fraction of sp³-hybridized carbons (Fsp3) is 0.273. The van der Waals surface area contributed by atoms with E-state index in [-0.39, 0.29) is 18.3 Å². The largest absolute Gasteiger partial charge is 0.493 e. The number of methoxy groups -OCH3 is 1. The number of carbonyl (C=O) groups is 1. The number of amides is 1. The molecule has 10 heteroatoms. The second-order valence-corrected chi connectivity index (χ2v) is 13.7. The van der Waals surface area contributed by atoms with Gasteiger partial charge in [0.05, 0.1) is 19.9 Å². The third-order valence-corrected chi connectivity index (χ3v) is 9.57. The molecule has 1 amide bonds. The molecule has 1 aromatic heterocycles. The van der Waals surface area contributed by atoms with E-state index in [4.69, 9.17) is 30.5 Å². The predicted molar refractivity (Wildman–Crippen MR) is 217 cm³/mol. The van der Waals surface area contributed by atoms with E-state index in [0.29, 0.717) is 60.4 Å². The van der Waals surface area contributed by atoms with Crippen molar-refractivity contribution in [1.29, 1.82) is 0 Å². The highest BCUT2D eigenvalue weighted by atomic mass is 35.5. The van der Waals surface area contributed by atoms with Crippen molar-refractivity contribution in [3.05, 3.63) is 148 Å². The number of aromatic nitrogens is 1. The molecule has 4 aromatic carbocycles. The van der Waals surface area contributed by atoms with Crippen molar-refractivity contribution in [3.8, 4) is 28.9 Å². The average molecular weight is 769 g/mol. The zero-order chi connectivity index (χ0) is 37.0. The Balaban J connectivity index is 0.00000561. The number of nitrogens with zero attached hydrogens (tertiary/aromatic N) is 3. The highest BCUT2D eigenvalue weighted by Gasteiger charge is 2.20. The SMILES string of the molecule is COc1cc(/C=C/C(=O)N2CCN(Cc3ccc(CCOc4ccc(C(C)C)cc4)cc3)CC2)ccc1Oc1ccc(OCc2ccccc2Cl)cn1.Cl. The molecule has 0 atom stereocenters. The van der Waals surface area contributed by atoms with Gasteiger partial charge in [0.15, 0.2) is 11.5 Å². The first-order chi connectivity index (χ1) is 25.8. The van der Waals surface area contributed by atoms with Crippen molar-refractivity contribution in [2.45, 2.75) is 39.3 Å². The molecule has 1 aliphatic heterocycles. The number of pyridine rings is 1. The van der Waals surface area contributed by atoms with Crippen molar-refractivity contribution in [3.63, 3.8) is 0 Å². The number of benzene rings is 4. The number of piperazine rings is 1. The number of hydrogen-bond acceptors (Lipinski definition) is 7. The van der Waals surface area contributed by atoms with E-state index in [2.05, 4.69) is 72.3 Å². The molecule has 0 radical (unpaired) electrons. The van der Waals surface area contributed by atoms with Crippen LogP contribution in [0.4, 0.5) is 0 Å². The Kier molecular flexibility index (Phi) is 14.8. The van der Waals surface area contributed by atoms with E-state index in [0.717, 1.165) is 42.9 Å². The molecule has 2 heterocycles. The minimum atomic E-state index is -0.00701. The molecule has 0 spiro atoms. The Bertz CT molecular complexity index is 1960. The first kappa shape index (κ1) is 40.2. The summed E-state index contributed by atoms with van der Waals surface area (Å²) in [6.07, 6.45) is 5.89. The number of halogens is 2. The fourth-order valence-corrected chi connectivity index (χ4v) is 6.17. The highest BCUT2D eigenvalue weighted by Crippen LogP contribution is 2.32. The normalized spacial score (nSPS) is 13.1. The van der Waals surface area contributed by atoms with Gasteiger partial charge in [-0.2, -0.15) is 0 Å². The van der Waals surface area contributed by atoms with Gasteiger partial charge in [0.1, 0.15) is 18.1 Å². The average Bonchev–Trinajstić information content (AvgIpc) is 3.18. The van der Waals surface area contributed by atoms with Crippen LogP contribution in [0.3, 0.4) is 0 Å². The van der Waals surface area contributed by atoms with Crippen LogP contribution in [0.5, 0.6) is 28.9 Å². The summed E-state index contributed by atoms with van der Waals surface area (Å²) >= 11 is 6.22. The predicted octanol–water partition coefficient (Wildman–Crippen LogP) is 9.64.